The van der Waals surface area contributed by atoms with Crippen molar-refractivity contribution in [1.29, 1.82) is 0 Å². The molecule has 9 nitrogen and oxygen atoms in total. The molecule has 0 saturated heterocycles. The van der Waals surface area contributed by atoms with Crippen molar-refractivity contribution in [3.63, 3.8) is 0 Å². The zero-order valence-electron chi connectivity index (χ0n) is 13.0. The fraction of sp³-hybridized carbons (Fsp3) is 0.769. The van der Waals surface area contributed by atoms with Crippen LogP contribution in [0.5, 0.6) is 0 Å². The van der Waals surface area contributed by atoms with Gasteiger partial charge in [-0.3, -0.25) is 14.4 Å². The monoisotopic (exact) mass is 317 g/mol. The van der Waals surface area contributed by atoms with Crippen LogP contribution in [-0.2, 0) is 14.4 Å². The summed E-state index contributed by atoms with van der Waals surface area (Å²) in [5.74, 6) is -1.52. The second-order valence-corrected chi connectivity index (χ2v) is 5.03. The molecule has 4 atom stereocenters. The second-order valence-electron chi connectivity index (χ2n) is 5.03. The van der Waals surface area contributed by atoms with Crippen LogP contribution in [0.4, 0.5) is 0 Å². The van der Waals surface area contributed by atoms with Gasteiger partial charge in [-0.25, -0.2) is 0 Å². The van der Waals surface area contributed by atoms with Crippen LogP contribution >= 0.6 is 0 Å². The van der Waals surface area contributed by atoms with Gasteiger partial charge in [0.05, 0.1) is 18.2 Å². The normalized spacial score (nSPS) is 16.3. The first kappa shape index (κ1) is 20.5. The summed E-state index contributed by atoms with van der Waals surface area (Å²) in [6, 6.07) is -2.95. The van der Waals surface area contributed by atoms with Crippen LogP contribution in [-0.4, -0.2) is 60.0 Å². The van der Waals surface area contributed by atoms with Crippen molar-refractivity contribution in [1.82, 2.24) is 10.6 Å². The molecular formula is C13H27N5O4. The number of Topliss-reactive ketones (excluding diaryl/α,β-unsaturated/α-hetero) is 1. The van der Waals surface area contributed by atoms with E-state index in [1.165, 1.54) is 6.92 Å². The van der Waals surface area contributed by atoms with E-state index in [-0.39, 0.29) is 31.7 Å². The van der Waals surface area contributed by atoms with Crippen LogP contribution in [0.1, 0.15) is 26.7 Å². The van der Waals surface area contributed by atoms with Crippen LogP contribution in [0.15, 0.2) is 0 Å². The van der Waals surface area contributed by atoms with Crippen LogP contribution in [0.2, 0.25) is 0 Å². The second kappa shape index (κ2) is 10.2. The van der Waals surface area contributed by atoms with Gasteiger partial charge in [0.15, 0.2) is 5.78 Å². The van der Waals surface area contributed by atoms with Gasteiger partial charge in [-0.1, -0.05) is 6.92 Å². The van der Waals surface area contributed by atoms with Gasteiger partial charge >= 0.3 is 0 Å². The van der Waals surface area contributed by atoms with Gasteiger partial charge in [-0.15, -0.1) is 0 Å². The molecule has 22 heavy (non-hydrogen) atoms. The highest BCUT2D eigenvalue weighted by molar-refractivity contribution is 5.93. The van der Waals surface area contributed by atoms with E-state index in [0.29, 0.717) is 0 Å². The SMILES string of the molecule is CCC(=O)[C@H](CN)NC(=O)[C@@H](NC(=O)[C@@H](N)CCN)C(C)O. The number of rotatable bonds is 10. The number of aliphatic hydroxyl groups excluding tert-OH is 1. The summed E-state index contributed by atoms with van der Waals surface area (Å²) >= 11 is 0. The number of carbonyl (C=O) groups excluding carboxylic acids is 3. The number of nitrogens with two attached hydrogens (primary N) is 3. The molecule has 0 aliphatic carbocycles. The molecule has 0 radical (unpaired) electrons. The van der Waals surface area contributed by atoms with Crippen molar-refractivity contribution >= 4 is 17.6 Å². The zero-order valence-corrected chi connectivity index (χ0v) is 13.0. The summed E-state index contributed by atoms with van der Waals surface area (Å²) in [6.45, 7) is 3.15. The van der Waals surface area contributed by atoms with Crippen LogP contribution in [0, 0.1) is 0 Å². The summed E-state index contributed by atoms with van der Waals surface area (Å²) in [7, 11) is 0. The Labute approximate surface area is 130 Å². The standard InChI is InChI=1S/C13H27N5O4/c1-3-10(20)9(6-15)17-13(22)11(7(2)19)18-12(21)8(16)4-5-14/h7-9,11,19H,3-6,14-16H2,1-2H3,(H,17,22)(H,18,21)/t7?,8-,9-,11-/m0/s1. The predicted molar refractivity (Wildman–Crippen MR) is 81.5 cm³/mol. The summed E-state index contributed by atoms with van der Waals surface area (Å²) in [5.41, 5.74) is 16.3. The van der Waals surface area contributed by atoms with Gasteiger partial charge in [0.2, 0.25) is 11.8 Å². The van der Waals surface area contributed by atoms with Crippen molar-refractivity contribution in [3.8, 4) is 0 Å². The minimum Gasteiger partial charge on any atom is -0.391 e. The van der Waals surface area contributed by atoms with E-state index in [1.54, 1.807) is 6.92 Å². The van der Waals surface area contributed by atoms with E-state index in [1.807, 2.05) is 0 Å². The third-order valence-electron chi connectivity index (χ3n) is 3.17. The molecule has 0 aromatic carbocycles. The lowest BCUT2D eigenvalue weighted by molar-refractivity contribution is -0.134. The van der Waals surface area contributed by atoms with Crippen molar-refractivity contribution in [2.24, 2.45) is 17.2 Å². The molecule has 1 unspecified atom stereocenters. The highest BCUT2D eigenvalue weighted by Gasteiger charge is 2.29. The Hall–Kier alpha value is -1.55. The van der Waals surface area contributed by atoms with Crippen LogP contribution in [0.3, 0.4) is 0 Å². The predicted octanol–water partition coefficient (Wildman–Crippen LogP) is -3.05. The third-order valence-corrected chi connectivity index (χ3v) is 3.17. The van der Waals surface area contributed by atoms with E-state index in [9.17, 15) is 19.5 Å². The van der Waals surface area contributed by atoms with Crippen molar-refractivity contribution < 1.29 is 19.5 Å². The number of amides is 2. The molecule has 0 fully saturated rings. The molecule has 0 saturated carbocycles. The molecule has 0 spiro atoms. The Kier molecular flexibility index (Phi) is 9.50. The van der Waals surface area contributed by atoms with Crippen molar-refractivity contribution in [3.05, 3.63) is 0 Å². The van der Waals surface area contributed by atoms with E-state index in [0.717, 1.165) is 0 Å². The van der Waals surface area contributed by atoms with E-state index in [4.69, 9.17) is 17.2 Å². The van der Waals surface area contributed by atoms with Crippen molar-refractivity contribution in [2.45, 2.75) is 50.9 Å². The minimum absolute atomic E-state index is 0.0639. The smallest absolute Gasteiger partial charge is 0.245 e. The number of ketones is 1. The Bertz CT molecular complexity index is 389. The lowest BCUT2D eigenvalue weighted by atomic mass is 10.1. The van der Waals surface area contributed by atoms with Gasteiger partial charge in [-0.05, 0) is 19.9 Å². The van der Waals surface area contributed by atoms with Crippen LogP contribution in [0.25, 0.3) is 0 Å². The molecule has 9 N–H and O–H groups in total. The summed E-state index contributed by atoms with van der Waals surface area (Å²) < 4.78 is 0. The minimum atomic E-state index is -1.23. The fourth-order valence-corrected chi connectivity index (χ4v) is 1.75. The van der Waals surface area contributed by atoms with Crippen molar-refractivity contribution in [2.75, 3.05) is 13.1 Å². The summed E-state index contributed by atoms with van der Waals surface area (Å²) in [4.78, 5) is 35.6. The maximum Gasteiger partial charge on any atom is 0.245 e. The largest absolute Gasteiger partial charge is 0.391 e. The fourth-order valence-electron chi connectivity index (χ4n) is 1.75. The van der Waals surface area contributed by atoms with Gasteiger partial charge in [0.25, 0.3) is 0 Å². The van der Waals surface area contributed by atoms with Crippen LogP contribution < -0.4 is 27.8 Å². The Morgan fingerprint density at radius 3 is 2.14 bits per heavy atom. The zero-order chi connectivity index (χ0) is 17.3. The van der Waals surface area contributed by atoms with Gasteiger partial charge < -0.3 is 32.9 Å². The Balaban J connectivity index is 4.84. The van der Waals surface area contributed by atoms with Gasteiger partial charge in [0.1, 0.15) is 6.04 Å². The first-order valence-electron chi connectivity index (χ1n) is 7.25. The first-order valence-corrected chi connectivity index (χ1v) is 7.25. The maximum absolute atomic E-state index is 12.1. The number of nitrogens with one attached hydrogen (secondary N) is 2. The molecule has 0 aliphatic heterocycles. The molecule has 0 aromatic rings. The lowest BCUT2D eigenvalue weighted by Crippen LogP contribution is -2.59. The molecule has 0 aromatic heterocycles. The first-order chi connectivity index (χ1) is 10.3. The molecule has 2 amide bonds. The lowest BCUT2D eigenvalue weighted by Gasteiger charge is -2.24. The number of carbonyl (C=O) groups is 3. The van der Waals surface area contributed by atoms with E-state index >= 15 is 0 Å². The molecule has 9 heteroatoms. The average Bonchev–Trinajstić information content (AvgIpc) is 2.48. The Morgan fingerprint density at radius 1 is 1.14 bits per heavy atom. The molecule has 0 rings (SSSR count). The highest BCUT2D eigenvalue weighted by Crippen LogP contribution is 1.98. The molecular weight excluding hydrogens is 290 g/mol. The average molecular weight is 317 g/mol. The quantitative estimate of drug-likeness (QED) is 0.248. The maximum atomic E-state index is 12.1. The topological polar surface area (TPSA) is 174 Å². The number of hydrogen-bond donors (Lipinski definition) is 6. The van der Waals surface area contributed by atoms with E-state index < -0.39 is 36.0 Å². The molecule has 0 aliphatic rings. The Morgan fingerprint density at radius 2 is 1.73 bits per heavy atom. The van der Waals surface area contributed by atoms with Gasteiger partial charge in [-0.2, -0.15) is 0 Å². The van der Waals surface area contributed by atoms with E-state index in [2.05, 4.69) is 10.6 Å². The number of hydrogen-bond acceptors (Lipinski definition) is 7. The summed E-state index contributed by atoms with van der Waals surface area (Å²) in [5, 5.41) is 14.4. The molecule has 0 heterocycles. The number of aliphatic hydroxyl groups is 1. The third kappa shape index (κ3) is 6.48. The highest BCUT2D eigenvalue weighted by atomic mass is 16.3. The van der Waals surface area contributed by atoms with Gasteiger partial charge in [0, 0.05) is 13.0 Å². The molecule has 128 valence electrons. The molecule has 0 bridgehead atoms. The summed E-state index contributed by atoms with van der Waals surface area (Å²) in [6.07, 6.45) is -0.696.